The Balaban J connectivity index is 1.32. The maximum absolute atomic E-state index is 4.79. The Labute approximate surface area is 162 Å². The van der Waals surface area contributed by atoms with Crippen molar-refractivity contribution >= 4 is 17.3 Å². The summed E-state index contributed by atoms with van der Waals surface area (Å²) in [6, 6.07) is 10.0. The Hall–Kier alpha value is -3.49. The fraction of sp³-hybridized carbons (Fsp3) is 0.316. The summed E-state index contributed by atoms with van der Waals surface area (Å²) in [5, 5.41) is 17.2. The highest BCUT2D eigenvalue weighted by molar-refractivity contribution is 5.49. The molecule has 0 N–H and O–H groups in total. The van der Waals surface area contributed by atoms with Gasteiger partial charge in [-0.15, -0.1) is 15.3 Å². The minimum absolute atomic E-state index is 0.773. The molecule has 0 amide bonds. The number of fused-ring (bicyclic) bond motifs is 1. The molecule has 5 rings (SSSR count). The first-order chi connectivity index (χ1) is 13.7. The van der Waals surface area contributed by atoms with E-state index in [0.29, 0.717) is 0 Å². The van der Waals surface area contributed by atoms with Crippen LogP contribution in [0, 0.1) is 13.8 Å². The smallest absolute Gasteiger partial charge is 0.178 e. The molecule has 0 radical (unpaired) electrons. The lowest BCUT2D eigenvalue weighted by molar-refractivity contribution is 0.634. The van der Waals surface area contributed by atoms with Crippen LogP contribution < -0.4 is 9.80 Å². The maximum atomic E-state index is 4.79. The molecule has 0 saturated carbocycles. The molecule has 0 aromatic carbocycles. The van der Waals surface area contributed by atoms with Gasteiger partial charge >= 0.3 is 0 Å². The van der Waals surface area contributed by atoms with Crippen LogP contribution in [0.5, 0.6) is 0 Å². The van der Waals surface area contributed by atoms with E-state index in [1.807, 2.05) is 55.2 Å². The van der Waals surface area contributed by atoms with Crippen molar-refractivity contribution in [2.75, 3.05) is 36.0 Å². The highest BCUT2D eigenvalue weighted by atomic mass is 15.4. The van der Waals surface area contributed by atoms with Crippen LogP contribution in [0.25, 0.3) is 11.5 Å². The fourth-order valence-corrected chi connectivity index (χ4v) is 3.47. The van der Waals surface area contributed by atoms with Crippen molar-refractivity contribution in [3.8, 4) is 5.82 Å². The largest absolute Gasteiger partial charge is 0.353 e. The van der Waals surface area contributed by atoms with Crippen LogP contribution in [0.4, 0.5) is 11.6 Å². The van der Waals surface area contributed by atoms with Crippen LogP contribution in [0.1, 0.15) is 11.4 Å². The lowest BCUT2D eigenvalue weighted by Crippen LogP contribution is -2.47. The summed E-state index contributed by atoms with van der Waals surface area (Å²) in [5.74, 6) is 3.56. The van der Waals surface area contributed by atoms with Crippen molar-refractivity contribution in [1.29, 1.82) is 0 Å². The summed E-state index contributed by atoms with van der Waals surface area (Å²) >= 11 is 0. The van der Waals surface area contributed by atoms with E-state index < -0.39 is 0 Å². The average molecular weight is 375 g/mol. The average Bonchev–Trinajstić information content (AvgIpc) is 3.34. The summed E-state index contributed by atoms with van der Waals surface area (Å²) in [6.07, 6.45) is 3.83. The Kier molecular flexibility index (Phi) is 3.92. The van der Waals surface area contributed by atoms with Gasteiger partial charge in [-0.3, -0.25) is 0 Å². The van der Waals surface area contributed by atoms with E-state index in [-0.39, 0.29) is 0 Å². The van der Waals surface area contributed by atoms with Crippen LogP contribution in [0.15, 0.2) is 42.7 Å². The quantitative estimate of drug-likeness (QED) is 0.539. The molecule has 0 unspecified atom stereocenters. The molecule has 1 aliphatic rings. The monoisotopic (exact) mass is 375 g/mol. The third-order valence-electron chi connectivity index (χ3n) is 5.00. The van der Waals surface area contributed by atoms with Crippen LogP contribution in [0.3, 0.4) is 0 Å². The van der Waals surface area contributed by atoms with Gasteiger partial charge in [0, 0.05) is 32.4 Å². The molecule has 0 aliphatic carbocycles. The fourth-order valence-electron chi connectivity index (χ4n) is 3.47. The molecular formula is C19H21N9. The molecule has 1 aliphatic heterocycles. The number of anilines is 2. The zero-order valence-electron chi connectivity index (χ0n) is 15.9. The number of piperazine rings is 1. The second-order valence-electron chi connectivity index (χ2n) is 7.00. The molecule has 142 valence electrons. The molecule has 4 aromatic rings. The number of aryl methyl sites for hydroxylation is 2. The van der Waals surface area contributed by atoms with Crippen molar-refractivity contribution in [2.24, 2.45) is 0 Å². The lowest BCUT2D eigenvalue weighted by atomic mass is 10.3. The van der Waals surface area contributed by atoms with Crippen molar-refractivity contribution in [3.05, 3.63) is 54.1 Å². The van der Waals surface area contributed by atoms with Crippen LogP contribution in [-0.2, 0) is 0 Å². The van der Waals surface area contributed by atoms with Crippen LogP contribution in [-0.4, -0.2) is 60.8 Å². The van der Waals surface area contributed by atoms with Gasteiger partial charge in [0.25, 0.3) is 0 Å². The molecule has 4 aromatic heterocycles. The van der Waals surface area contributed by atoms with E-state index in [1.165, 1.54) is 0 Å². The van der Waals surface area contributed by atoms with Crippen molar-refractivity contribution in [1.82, 2.24) is 34.6 Å². The molecule has 0 spiro atoms. The number of aromatic nitrogens is 7. The highest BCUT2D eigenvalue weighted by Crippen LogP contribution is 2.19. The van der Waals surface area contributed by atoms with Crippen LogP contribution >= 0.6 is 0 Å². The summed E-state index contributed by atoms with van der Waals surface area (Å²) in [4.78, 5) is 9.39. The molecule has 1 saturated heterocycles. The normalized spacial score (nSPS) is 14.8. The predicted octanol–water partition coefficient (Wildman–Crippen LogP) is 1.65. The summed E-state index contributed by atoms with van der Waals surface area (Å²) < 4.78 is 3.61. The first-order valence-corrected chi connectivity index (χ1v) is 9.35. The van der Waals surface area contributed by atoms with Crippen LogP contribution in [0.2, 0.25) is 0 Å². The minimum atomic E-state index is 0.773. The maximum Gasteiger partial charge on any atom is 0.178 e. The second kappa shape index (κ2) is 6.59. The van der Waals surface area contributed by atoms with E-state index in [2.05, 4.69) is 36.3 Å². The SMILES string of the molecule is Cc1cnn(-c2cccc(N3CCN(c4ccc5nnc(C)n5n4)CC3)n2)c1. The second-order valence-corrected chi connectivity index (χ2v) is 7.00. The van der Waals surface area contributed by atoms with E-state index in [0.717, 1.165) is 60.7 Å². The molecular weight excluding hydrogens is 354 g/mol. The van der Waals surface area contributed by atoms with E-state index in [1.54, 1.807) is 4.52 Å². The number of pyridine rings is 1. The zero-order valence-corrected chi connectivity index (χ0v) is 15.9. The number of hydrogen-bond acceptors (Lipinski definition) is 7. The zero-order chi connectivity index (χ0) is 19.1. The van der Waals surface area contributed by atoms with E-state index in [9.17, 15) is 0 Å². The predicted molar refractivity (Wildman–Crippen MR) is 106 cm³/mol. The van der Waals surface area contributed by atoms with Gasteiger partial charge < -0.3 is 9.80 Å². The Morgan fingerprint density at radius 3 is 2.32 bits per heavy atom. The Bertz CT molecular complexity index is 1120. The lowest BCUT2D eigenvalue weighted by Gasteiger charge is -2.36. The van der Waals surface area contributed by atoms with Gasteiger partial charge in [-0.05, 0) is 43.7 Å². The third kappa shape index (κ3) is 2.94. The molecule has 5 heterocycles. The molecule has 9 nitrogen and oxygen atoms in total. The molecule has 1 fully saturated rings. The van der Waals surface area contributed by atoms with Gasteiger partial charge in [0.15, 0.2) is 17.3 Å². The Morgan fingerprint density at radius 1 is 0.821 bits per heavy atom. The molecule has 0 atom stereocenters. The van der Waals surface area contributed by atoms with Gasteiger partial charge in [0.1, 0.15) is 11.6 Å². The van der Waals surface area contributed by atoms with Crippen molar-refractivity contribution in [2.45, 2.75) is 13.8 Å². The topological polar surface area (TPSA) is 80.3 Å². The highest BCUT2D eigenvalue weighted by Gasteiger charge is 2.20. The molecule has 28 heavy (non-hydrogen) atoms. The number of nitrogens with zero attached hydrogens (tertiary/aromatic N) is 9. The first kappa shape index (κ1) is 16.7. The number of hydrogen-bond donors (Lipinski definition) is 0. The molecule has 0 bridgehead atoms. The number of rotatable bonds is 3. The van der Waals surface area contributed by atoms with E-state index in [4.69, 9.17) is 4.98 Å². The van der Waals surface area contributed by atoms with Gasteiger partial charge in [-0.25, -0.2) is 9.67 Å². The summed E-state index contributed by atoms with van der Waals surface area (Å²) in [5.41, 5.74) is 1.89. The third-order valence-corrected chi connectivity index (χ3v) is 5.00. The summed E-state index contributed by atoms with van der Waals surface area (Å²) in [7, 11) is 0. The minimum Gasteiger partial charge on any atom is -0.353 e. The van der Waals surface area contributed by atoms with Crippen molar-refractivity contribution < 1.29 is 0 Å². The van der Waals surface area contributed by atoms with Gasteiger partial charge in [-0.1, -0.05) is 6.07 Å². The van der Waals surface area contributed by atoms with Gasteiger partial charge in [-0.2, -0.15) is 9.61 Å². The van der Waals surface area contributed by atoms with Gasteiger partial charge in [0.05, 0.1) is 6.20 Å². The molecule has 9 heteroatoms. The van der Waals surface area contributed by atoms with Gasteiger partial charge in [0.2, 0.25) is 0 Å². The van der Waals surface area contributed by atoms with E-state index >= 15 is 0 Å². The standard InChI is InChI=1S/C19H21N9/c1-14-12-20-27(13-14)17-5-3-4-16(21-17)25-8-10-26(11-9-25)19-7-6-18-23-22-15(2)28(18)24-19/h3-7,12-13H,8-11H2,1-2H3. The van der Waals surface area contributed by atoms with Crippen molar-refractivity contribution in [3.63, 3.8) is 0 Å². The summed E-state index contributed by atoms with van der Waals surface area (Å²) in [6.45, 7) is 7.47. The Morgan fingerprint density at radius 2 is 1.57 bits per heavy atom. The first-order valence-electron chi connectivity index (χ1n) is 9.35.